The summed E-state index contributed by atoms with van der Waals surface area (Å²) in [5, 5.41) is 0. The van der Waals surface area contributed by atoms with Crippen LogP contribution < -0.4 is 4.74 Å². The van der Waals surface area contributed by atoms with Gasteiger partial charge in [0.2, 0.25) is 0 Å². The number of ketones is 1. The summed E-state index contributed by atoms with van der Waals surface area (Å²) >= 11 is 0. The fourth-order valence-electron chi connectivity index (χ4n) is 1.72. The smallest absolute Gasteiger partial charge is 0.185 e. The lowest BCUT2D eigenvalue weighted by molar-refractivity contribution is 0.104. The molecule has 0 aliphatic carbocycles. The highest BCUT2D eigenvalue weighted by Gasteiger charge is 2.08. The van der Waals surface area contributed by atoms with E-state index in [1.807, 2.05) is 0 Å². The molecule has 0 fully saturated rings. The molecule has 2 aromatic rings. The molecule has 0 aromatic heterocycles. The molecular weight excluding hydrogens is 281 g/mol. The lowest BCUT2D eigenvalue weighted by atomic mass is 10.1. The van der Waals surface area contributed by atoms with E-state index in [9.17, 15) is 18.0 Å². The molecule has 0 radical (unpaired) electrons. The van der Waals surface area contributed by atoms with Gasteiger partial charge >= 0.3 is 0 Å². The van der Waals surface area contributed by atoms with E-state index in [-0.39, 0.29) is 16.9 Å². The van der Waals surface area contributed by atoms with Gasteiger partial charge in [0, 0.05) is 17.2 Å². The zero-order chi connectivity index (χ0) is 15.4. The van der Waals surface area contributed by atoms with Crippen molar-refractivity contribution in [2.45, 2.75) is 0 Å². The molecule has 0 saturated heterocycles. The Bertz CT molecular complexity index is 709. The van der Waals surface area contributed by atoms with E-state index in [4.69, 9.17) is 4.74 Å². The minimum Gasteiger partial charge on any atom is -0.494 e. The molecule has 0 aliphatic rings. The first kappa shape index (κ1) is 14.8. The van der Waals surface area contributed by atoms with Gasteiger partial charge in [-0.2, -0.15) is 0 Å². The Morgan fingerprint density at radius 1 is 1.05 bits per heavy atom. The van der Waals surface area contributed by atoms with E-state index in [1.54, 1.807) is 0 Å². The summed E-state index contributed by atoms with van der Waals surface area (Å²) in [6.07, 6.45) is 2.30. The minimum absolute atomic E-state index is 0.0279. The number of hydrogen-bond donors (Lipinski definition) is 0. The summed E-state index contributed by atoms with van der Waals surface area (Å²) in [5.41, 5.74) is 0.172. The van der Waals surface area contributed by atoms with Crippen molar-refractivity contribution in [3.63, 3.8) is 0 Å². The van der Waals surface area contributed by atoms with Crippen molar-refractivity contribution in [2.75, 3.05) is 7.11 Å². The van der Waals surface area contributed by atoms with Crippen LogP contribution in [0.1, 0.15) is 15.9 Å². The Labute approximate surface area is 119 Å². The maximum absolute atomic E-state index is 13.5. The highest BCUT2D eigenvalue weighted by Crippen LogP contribution is 2.18. The number of rotatable bonds is 4. The maximum Gasteiger partial charge on any atom is 0.185 e. The fourth-order valence-corrected chi connectivity index (χ4v) is 1.72. The molecule has 0 aliphatic heterocycles. The Balaban J connectivity index is 2.21. The van der Waals surface area contributed by atoms with E-state index in [0.717, 1.165) is 24.3 Å². The number of carbonyl (C=O) groups is 1. The average molecular weight is 292 g/mol. The Kier molecular flexibility index (Phi) is 4.42. The summed E-state index contributed by atoms with van der Waals surface area (Å²) in [7, 11) is 1.32. The molecular formula is C16H11F3O2. The normalized spacial score (nSPS) is 10.9. The van der Waals surface area contributed by atoms with Gasteiger partial charge in [-0.25, -0.2) is 13.2 Å². The second-order valence-corrected chi connectivity index (χ2v) is 4.21. The van der Waals surface area contributed by atoms with E-state index in [0.29, 0.717) is 0 Å². The zero-order valence-electron chi connectivity index (χ0n) is 11.1. The molecule has 0 heterocycles. The molecule has 2 aromatic carbocycles. The lowest BCUT2D eigenvalue weighted by Crippen LogP contribution is -1.97. The molecule has 0 N–H and O–H groups in total. The van der Waals surface area contributed by atoms with Crippen molar-refractivity contribution < 1.29 is 22.7 Å². The number of benzene rings is 2. The third-order valence-corrected chi connectivity index (χ3v) is 2.81. The van der Waals surface area contributed by atoms with Crippen molar-refractivity contribution >= 4 is 11.9 Å². The summed E-state index contributed by atoms with van der Waals surface area (Å²) in [6, 6.07) is 6.78. The van der Waals surface area contributed by atoms with Crippen molar-refractivity contribution in [1.29, 1.82) is 0 Å². The predicted molar refractivity (Wildman–Crippen MR) is 72.7 cm³/mol. The quantitative estimate of drug-likeness (QED) is 0.628. The molecule has 0 unspecified atom stereocenters. The van der Waals surface area contributed by atoms with Gasteiger partial charge in [0.15, 0.2) is 17.3 Å². The van der Waals surface area contributed by atoms with Crippen LogP contribution in [-0.2, 0) is 0 Å². The number of carbonyl (C=O) groups excluding carboxylic acids is 1. The highest BCUT2D eigenvalue weighted by molar-refractivity contribution is 6.06. The van der Waals surface area contributed by atoms with Gasteiger partial charge in [0.25, 0.3) is 0 Å². The second-order valence-electron chi connectivity index (χ2n) is 4.21. The van der Waals surface area contributed by atoms with Crippen molar-refractivity contribution in [2.24, 2.45) is 0 Å². The van der Waals surface area contributed by atoms with Crippen LogP contribution in [0.3, 0.4) is 0 Å². The van der Waals surface area contributed by atoms with Gasteiger partial charge in [-0.1, -0.05) is 0 Å². The summed E-state index contributed by atoms with van der Waals surface area (Å²) < 4.78 is 44.4. The Morgan fingerprint density at radius 3 is 2.43 bits per heavy atom. The predicted octanol–water partition coefficient (Wildman–Crippen LogP) is 4.01. The molecule has 0 amide bonds. The number of methoxy groups -OCH3 is 1. The van der Waals surface area contributed by atoms with Crippen LogP contribution in [-0.4, -0.2) is 12.9 Å². The average Bonchev–Trinajstić information content (AvgIpc) is 2.46. The van der Waals surface area contributed by atoms with Crippen LogP contribution >= 0.6 is 0 Å². The molecule has 0 spiro atoms. The molecule has 2 rings (SSSR count). The first-order chi connectivity index (χ1) is 10.0. The van der Waals surface area contributed by atoms with Gasteiger partial charge in [0.1, 0.15) is 11.6 Å². The van der Waals surface area contributed by atoms with Crippen LogP contribution in [0.15, 0.2) is 42.5 Å². The Hall–Kier alpha value is -2.56. The largest absolute Gasteiger partial charge is 0.494 e. The summed E-state index contributed by atoms with van der Waals surface area (Å²) in [5.74, 6) is -2.61. The molecule has 0 saturated carbocycles. The van der Waals surface area contributed by atoms with Crippen LogP contribution in [0, 0.1) is 17.5 Å². The standard InChI is InChI=1S/C16H11F3O2/c1-21-16-7-4-11(8-14(16)19)15(20)6-3-10-2-5-12(17)9-13(10)18/h2-9H,1H3. The first-order valence-electron chi connectivity index (χ1n) is 6.02. The SMILES string of the molecule is COc1ccc(C(=O)C=Cc2ccc(F)cc2F)cc1F. The topological polar surface area (TPSA) is 26.3 Å². The van der Waals surface area contributed by atoms with Gasteiger partial charge in [-0.15, -0.1) is 0 Å². The van der Waals surface area contributed by atoms with E-state index in [2.05, 4.69) is 0 Å². The lowest BCUT2D eigenvalue weighted by Gasteiger charge is -2.02. The van der Waals surface area contributed by atoms with Crippen LogP contribution in [0.2, 0.25) is 0 Å². The van der Waals surface area contributed by atoms with Crippen LogP contribution in [0.5, 0.6) is 5.75 Å². The molecule has 0 bridgehead atoms. The van der Waals surface area contributed by atoms with Gasteiger partial charge in [-0.05, 0) is 42.5 Å². The van der Waals surface area contributed by atoms with Crippen molar-refractivity contribution in [3.05, 3.63) is 71.1 Å². The maximum atomic E-state index is 13.5. The Morgan fingerprint density at radius 2 is 1.81 bits per heavy atom. The minimum atomic E-state index is -0.778. The number of ether oxygens (including phenoxy) is 1. The molecule has 5 heteroatoms. The third kappa shape index (κ3) is 3.51. The van der Waals surface area contributed by atoms with E-state index in [1.165, 1.54) is 31.4 Å². The van der Waals surface area contributed by atoms with Gasteiger partial charge < -0.3 is 4.74 Å². The number of hydrogen-bond acceptors (Lipinski definition) is 2. The second kappa shape index (κ2) is 6.26. The number of halogens is 3. The van der Waals surface area contributed by atoms with Crippen LogP contribution in [0.4, 0.5) is 13.2 Å². The highest BCUT2D eigenvalue weighted by atomic mass is 19.1. The molecule has 108 valence electrons. The fraction of sp³-hybridized carbons (Fsp3) is 0.0625. The molecule has 21 heavy (non-hydrogen) atoms. The van der Waals surface area contributed by atoms with Gasteiger partial charge in [-0.3, -0.25) is 4.79 Å². The number of allylic oxidation sites excluding steroid dienone is 1. The van der Waals surface area contributed by atoms with E-state index >= 15 is 0 Å². The monoisotopic (exact) mass is 292 g/mol. The zero-order valence-corrected chi connectivity index (χ0v) is 11.1. The van der Waals surface area contributed by atoms with E-state index < -0.39 is 23.2 Å². The molecule has 2 nitrogen and oxygen atoms in total. The third-order valence-electron chi connectivity index (χ3n) is 2.81. The van der Waals surface area contributed by atoms with Gasteiger partial charge in [0.05, 0.1) is 7.11 Å². The molecule has 0 atom stereocenters. The van der Waals surface area contributed by atoms with Crippen molar-refractivity contribution in [3.8, 4) is 5.75 Å². The van der Waals surface area contributed by atoms with Crippen LogP contribution in [0.25, 0.3) is 6.08 Å². The summed E-state index contributed by atoms with van der Waals surface area (Å²) in [6.45, 7) is 0. The summed E-state index contributed by atoms with van der Waals surface area (Å²) in [4.78, 5) is 11.9. The first-order valence-corrected chi connectivity index (χ1v) is 6.02. The van der Waals surface area contributed by atoms with Crippen molar-refractivity contribution in [1.82, 2.24) is 0 Å².